The lowest BCUT2D eigenvalue weighted by Crippen LogP contribution is -2.51. The Morgan fingerprint density at radius 1 is 1.40 bits per heavy atom. The van der Waals surface area contributed by atoms with Crippen molar-refractivity contribution in [3.63, 3.8) is 0 Å². The molecule has 0 radical (unpaired) electrons. The van der Waals surface area contributed by atoms with Gasteiger partial charge >= 0.3 is 18.2 Å². The number of hydrogen-bond donors (Lipinski definition) is 1. The van der Waals surface area contributed by atoms with Gasteiger partial charge in [0.25, 0.3) is 0 Å². The van der Waals surface area contributed by atoms with Gasteiger partial charge in [-0.1, -0.05) is 0 Å². The molecule has 0 fully saturated rings. The maximum Gasteiger partial charge on any atom is 0.419 e. The second-order valence-corrected chi connectivity index (χ2v) is 2.36. The Bertz CT molecular complexity index is 241. The van der Waals surface area contributed by atoms with Gasteiger partial charge < -0.3 is 9.47 Å². The molecule has 0 aromatic rings. The van der Waals surface area contributed by atoms with Crippen LogP contribution in [0, 0.1) is 0 Å². The smallest absolute Gasteiger partial charge is 0.419 e. The number of carbonyl (C=O) groups excluding carboxylic acids is 2. The van der Waals surface area contributed by atoms with Gasteiger partial charge in [-0.2, -0.15) is 13.2 Å². The molecule has 5 nitrogen and oxygen atoms in total. The second kappa shape index (κ2) is 5.42. The monoisotopic (exact) mass is 229 g/mol. The first kappa shape index (κ1) is 13.5. The summed E-state index contributed by atoms with van der Waals surface area (Å²) >= 11 is 0. The first-order chi connectivity index (χ1) is 6.82. The molecule has 15 heavy (non-hydrogen) atoms. The average molecular weight is 229 g/mol. The zero-order chi connectivity index (χ0) is 12.1. The van der Waals surface area contributed by atoms with Crippen molar-refractivity contribution in [1.82, 2.24) is 5.32 Å². The Kier molecular flexibility index (Phi) is 4.89. The van der Waals surface area contributed by atoms with E-state index >= 15 is 0 Å². The largest absolute Gasteiger partial charge is 0.467 e. The van der Waals surface area contributed by atoms with Crippen molar-refractivity contribution < 1.29 is 32.2 Å². The van der Waals surface area contributed by atoms with Gasteiger partial charge in [-0.25, -0.2) is 9.59 Å². The first-order valence-corrected chi connectivity index (χ1v) is 3.90. The average Bonchev–Trinajstić information content (AvgIpc) is 2.12. The predicted octanol–water partition coefficient (Wildman–Crippen LogP) is 0.836. The summed E-state index contributed by atoms with van der Waals surface area (Å²) in [6, 6.07) is -2.71. The molecule has 1 N–H and O–H groups in total. The quantitative estimate of drug-likeness (QED) is 0.728. The predicted molar refractivity (Wildman–Crippen MR) is 42.0 cm³/mol. The lowest BCUT2D eigenvalue weighted by Gasteiger charge is -2.18. The van der Waals surface area contributed by atoms with Gasteiger partial charge in [0.1, 0.15) is 0 Å². The van der Waals surface area contributed by atoms with Crippen LogP contribution in [0.3, 0.4) is 0 Å². The summed E-state index contributed by atoms with van der Waals surface area (Å²) < 4.78 is 44.7. The molecule has 0 aromatic carbocycles. The number of ether oxygens (including phenoxy) is 2. The van der Waals surface area contributed by atoms with E-state index in [0.29, 0.717) is 0 Å². The number of amides is 1. The van der Waals surface area contributed by atoms with Crippen molar-refractivity contribution in [2.45, 2.75) is 19.1 Å². The van der Waals surface area contributed by atoms with E-state index in [9.17, 15) is 22.8 Å². The lowest BCUT2D eigenvalue weighted by atomic mass is 10.3. The highest BCUT2D eigenvalue weighted by Gasteiger charge is 2.47. The summed E-state index contributed by atoms with van der Waals surface area (Å²) in [6.07, 6.45) is -6.25. The van der Waals surface area contributed by atoms with Crippen LogP contribution in [-0.2, 0) is 14.3 Å². The zero-order valence-corrected chi connectivity index (χ0v) is 8.05. The van der Waals surface area contributed by atoms with Gasteiger partial charge in [-0.15, -0.1) is 0 Å². The molecule has 0 heterocycles. The molecule has 1 amide bonds. The van der Waals surface area contributed by atoms with Crippen molar-refractivity contribution >= 4 is 12.1 Å². The highest BCUT2D eigenvalue weighted by Crippen LogP contribution is 2.21. The number of rotatable bonds is 3. The Hall–Kier alpha value is -1.47. The highest BCUT2D eigenvalue weighted by atomic mass is 19.4. The summed E-state index contributed by atoms with van der Waals surface area (Å²) in [7, 11) is 0.786. The van der Waals surface area contributed by atoms with Crippen LogP contribution in [-0.4, -0.2) is 38.0 Å². The van der Waals surface area contributed by atoms with Crippen LogP contribution >= 0.6 is 0 Å². The third-order valence-corrected chi connectivity index (χ3v) is 1.30. The fraction of sp³-hybridized carbons (Fsp3) is 0.714. The molecule has 0 aliphatic heterocycles. The number of methoxy groups -OCH3 is 1. The van der Waals surface area contributed by atoms with Crippen molar-refractivity contribution in [2.24, 2.45) is 0 Å². The van der Waals surface area contributed by atoms with Crippen LogP contribution < -0.4 is 5.32 Å². The Morgan fingerprint density at radius 3 is 2.27 bits per heavy atom. The fourth-order valence-corrected chi connectivity index (χ4v) is 0.683. The van der Waals surface area contributed by atoms with Gasteiger partial charge in [0.15, 0.2) is 0 Å². The minimum Gasteiger partial charge on any atom is -0.467 e. The summed E-state index contributed by atoms with van der Waals surface area (Å²) in [5.74, 6) is -1.60. The van der Waals surface area contributed by atoms with E-state index in [2.05, 4.69) is 9.47 Å². The maximum absolute atomic E-state index is 12.2. The van der Waals surface area contributed by atoms with Gasteiger partial charge in [0.2, 0.25) is 6.04 Å². The van der Waals surface area contributed by atoms with Gasteiger partial charge in [-0.3, -0.25) is 5.32 Å². The van der Waals surface area contributed by atoms with Gasteiger partial charge in [0, 0.05) is 0 Å². The Balaban J connectivity index is 4.53. The number of alkyl carbamates (subject to hydrolysis) is 1. The summed E-state index contributed by atoms with van der Waals surface area (Å²) in [5.41, 5.74) is 0. The molecule has 0 spiro atoms. The third kappa shape index (κ3) is 4.52. The molecule has 88 valence electrons. The molecule has 0 aliphatic carbocycles. The van der Waals surface area contributed by atoms with E-state index in [4.69, 9.17) is 0 Å². The number of halogens is 3. The Labute approximate surface area is 83.5 Å². The minimum absolute atomic E-state index is 0.0996. The first-order valence-electron chi connectivity index (χ1n) is 3.90. The second-order valence-electron chi connectivity index (χ2n) is 2.36. The van der Waals surface area contributed by atoms with Crippen LogP contribution in [0.25, 0.3) is 0 Å². The normalized spacial score (nSPS) is 12.9. The molecule has 0 rings (SSSR count). The number of alkyl halides is 3. The third-order valence-electron chi connectivity index (χ3n) is 1.30. The number of esters is 1. The maximum atomic E-state index is 12.2. The molecular weight excluding hydrogens is 219 g/mol. The van der Waals surface area contributed by atoms with Crippen LogP contribution in [0.2, 0.25) is 0 Å². The van der Waals surface area contributed by atoms with E-state index in [0.717, 1.165) is 7.11 Å². The molecule has 0 saturated carbocycles. The zero-order valence-electron chi connectivity index (χ0n) is 8.05. The molecule has 0 saturated heterocycles. The van der Waals surface area contributed by atoms with Crippen LogP contribution in [0.5, 0.6) is 0 Å². The van der Waals surface area contributed by atoms with Crippen molar-refractivity contribution in [3.05, 3.63) is 0 Å². The topological polar surface area (TPSA) is 64.6 Å². The van der Waals surface area contributed by atoms with E-state index in [1.807, 2.05) is 0 Å². The fourth-order valence-electron chi connectivity index (χ4n) is 0.683. The summed E-state index contributed by atoms with van der Waals surface area (Å²) in [6.45, 7) is 1.32. The van der Waals surface area contributed by atoms with E-state index < -0.39 is 24.3 Å². The Morgan fingerprint density at radius 2 is 1.93 bits per heavy atom. The van der Waals surface area contributed by atoms with Gasteiger partial charge in [0.05, 0.1) is 13.7 Å². The molecule has 8 heteroatoms. The standard InChI is InChI=1S/C7H10F3NO4/c1-3-15-6(13)11-4(5(12)14-2)7(8,9)10/h4H,3H2,1-2H3,(H,11,13). The van der Waals surface area contributed by atoms with Crippen molar-refractivity contribution in [2.75, 3.05) is 13.7 Å². The van der Waals surface area contributed by atoms with E-state index in [1.54, 1.807) is 0 Å². The van der Waals surface area contributed by atoms with Crippen LogP contribution in [0.1, 0.15) is 6.92 Å². The van der Waals surface area contributed by atoms with Crippen LogP contribution in [0.4, 0.5) is 18.0 Å². The molecular formula is C7H10F3NO4. The van der Waals surface area contributed by atoms with Crippen LogP contribution in [0.15, 0.2) is 0 Å². The molecule has 0 bridgehead atoms. The molecule has 0 aromatic heterocycles. The van der Waals surface area contributed by atoms with E-state index in [-0.39, 0.29) is 6.61 Å². The number of hydrogen-bond acceptors (Lipinski definition) is 4. The number of carbonyl (C=O) groups is 2. The summed E-state index contributed by atoms with van der Waals surface area (Å²) in [5, 5.41) is 1.35. The number of nitrogens with one attached hydrogen (secondary N) is 1. The highest BCUT2D eigenvalue weighted by molar-refractivity contribution is 5.82. The summed E-state index contributed by atoms with van der Waals surface area (Å²) in [4.78, 5) is 21.4. The minimum atomic E-state index is -4.92. The molecule has 1 atom stereocenters. The van der Waals surface area contributed by atoms with Crippen molar-refractivity contribution in [3.8, 4) is 0 Å². The van der Waals surface area contributed by atoms with Crippen molar-refractivity contribution in [1.29, 1.82) is 0 Å². The van der Waals surface area contributed by atoms with E-state index in [1.165, 1.54) is 12.2 Å². The SMILES string of the molecule is CCOC(=O)NC(C(=O)OC)C(F)(F)F. The van der Waals surface area contributed by atoms with Gasteiger partial charge in [-0.05, 0) is 6.92 Å². The lowest BCUT2D eigenvalue weighted by molar-refractivity contribution is -0.181. The molecule has 1 unspecified atom stereocenters. The molecule has 0 aliphatic rings.